The molecule has 1 aromatic heterocycles. The van der Waals surface area contributed by atoms with Crippen molar-refractivity contribution in [3.8, 4) is 0 Å². The highest BCUT2D eigenvalue weighted by atomic mass is 35.5. The smallest absolute Gasteiger partial charge is 0.180 e. The minimum Gasteiger partial charge on any atom is -0.381 e. The Bertz CT molecular complexity index is 428. The van der Waals surface area contributed by atoms with E-state index in [1.165, 1.54) is 6.20 Å². The SMILES string of the molecule is CCC(=O)c1cnc(C(N)=NCCCN(C)C)[nH]1.Cl. The van der Waals surface area contributed by atoms with E-state index < -0.39 is 0 Å². The van der Waals surface area contributed by atoms with Gasteiger partial charge in [-0.3, -0.25) is 9.79 Å². The van der Waals surface area contributed by atoms with Gasteiger partial charge in [-0.2, -0.15) is 0 Å². The number of aromatic nitrogens is 2. The molecule has 0 aliphatic rings. The number of Topliss-reactive ketones (excluding diaryl/α,β-unsaturated/α-hetero) is 1. The average molecular weight is 288 g/mol. The average Bonchev–Trinajstić information content (AvgIpc) is 2.82. The minimum absolute atomic E-state index is 0. The highest BCUT2D eigenvalue weighted by Crippen LogP contribution is 2.01. The molecule has 0 aromatic carbocycles. The molecule has 6 nitrogen and oxygen atoms in total. The van der Waals surface area contributed by atoms with Crippen molar-refractivity contribution in [3.63, 3.8) is 0 Å². The number of rotatable bonds is 7. The lowest BCUT2D eigenvalue weighted by atomic mass is 10.2. The summed E-state index contributed by atoms with van der Waals surface area (Å²) in [7, 11) is 4.03. The van der Waals surface area contributed by atoms with Crippen LogP contribution in [-0.2, 0) is 0 Å². The molecule has 108 valence electrons. The molecule has 0 aliphatic heterocycles. The summed E-state index contributed by atoms with van der Waals surface area (Å²) < 4.78 is 0. The summed E-state index contributed by atoms with van der Waals surface area (Å²) in [6, 6.07) is 0. The Kier molecular flexibility index (Phi) is 8.02. The third kappa shape index (κ3) is 5.85. The molecule has 0 radical (unpaired) electrons. The Morgan fingerprint density at radius 2 is 2.21 bits per heavy atom. The van der Waals surface area contributed by atoms with Crippen molar-refractivity contribution in [3.05, 3.63) is 17.7 Å². The maximum absolute atomic E-state index is 11.4. The highest BCUT2D eigenvalue weighted by molar-refractivity contribution is 5.98. The lowest BCUT2D eigenvalue weighted by Gasteiger charge is -2.06. The van der Waals surface area contributed by atoms with E-state index in [1.807, 2.05) is 21.0 Å². The summed E-state index contributed by atoms with van der Waals surface area (Å²) in [5.41, 5.74) is 6.28. The molecule has 3 N–H and O–H groups in total. The van der Waals surface area contributed by atoms with Gasteiger partial charge in [0.2, 0.25) is 0 Å². The van der Waals surface area contributed by atoms with Gasteiger partial charge in [0.15, 0.2) is 17.4 Å². The van der Waals surface area contributed by atoms with Gasteiger partial charge < -0.3 is 15.6 Å². The quantitative estimate of drug-likeness (QED) is 0.340. The van der Waals surface area contributed by atoms with Gasteiger partial charge >= 0.3 is 0 Å². The number of aromatic amines is 1. The van der Waals surface area contributed by atoms with Gasteiger partial charge in [0, 0.05) is 13.0 Å². The van der Waals surface area contributed by atoms with Crippen LogP contribution in [0.4, 0.5) is 0 Å². The topological polar surface area (TPSA) is 87.4 Å². The van der Waals surface area contributed by atoms with Crippen LogP contribution in [0.15, 0.2) is 11.2 Å². The third-order valence-corrected chi connectivity index (χ3v) is 2.49. The predicted octanol–water partition coefficient (Wildman–Crippen LogP) is 1.08. The van der Waals surface area contributed by atoms with Crippen molar-refractivity contribution < 1.29 is 4.79 Å². The van der Waals surface area contributed by atoms with Gasteiger partial charge in [0.1, 0.15) is 5.69 Å². The molecule has 0 fully saturated rings. The van der Waals surface area contributed by atoms with E-state index in [1.54, 1.807) is 0 Å². The Balaban J connectivity index is 0.00000324. The van der Waals surface area contributed by atoms with Crippen molar-refractivity contribution in [1.29, 1.82) is 0 Å². The van der Waals surface area contributed by atoms with Crippen LogP contribution in [0.1, 0.15) is 36.1 Å². The number of imidazole rings is 1. The number of nitrogens with zero attached hydrogens (tertiary/aromatic N) is 3. The number of ketones is 1. The summed E-state index contributed by atoms with van der Waals surface area (Å²) in [6.45, 7) is 3.43. The van der Waals surface area contributed by atoms with Crippen LogP contribution in [0.25, 0.3) is 0 Å². The van der Waals surface area contributed by atoms with E-state index in [4.69, 9.17) is 5.73 Å². The first-order chi connectivity index (χ1) is 8.54. The second-order valence-corrected chi connectivity index (χ2v) is 4.35. The molecular formula is C12H22ClN5O. The zero-order valence-corrected chi connectivity index (χ0v) is 12.5. The Morgan fingerprint density at radius 1 is 1.53 bits per heavy atom. The fourth-order valence-electron chi connectivity index (χ4n) is 1.44. The molecule has 0 atom stereocenters. The Hall–Kier alpha value is -1.40. The first kappa shape index (κ1) is 17.6. The first-order valence-corrected chi connectivity index (χ1v) is 6.07. The molecule has 7 heteroatoms. The fourth-order valence-corrected chi connectivity index (χ4v) is 1.44. The summed E-state index contributed by atoms with van der Waals surface area (Å²) in [5, 5.41) is 0. The van der Waals surface area contributed by atoms with Crippen LogP contribution in [0.5, 0.6) is 0 Å². The molecule has 0 saturated carbocycles. The highest BCUT2D eigenvalue weighted by Gasteiger charge is 2.09. The van der Waals surface area contributed by atoms with Crippen molar-refractivity contribution in [1.82, 2.24) is 14.9 Å². The number of aliphatic imine (C=N–C) groups is 1. The fraction of sp³-hybridized carbons (Fsp3) is 0.583. The minimum atomic E-state index is 0. The summed E-state index contributed by atoms with van der Waals surface area (Å²) in [4.78, 5) is 24.7. The van der Waals surface area contributed by atoms with E-state index in [0.29, 0.717) is 30.3 Å². The van der Waals surface area contributed by atoms with Gasteiger partial charge in [-0.05, 0) is 27.1 Å². The van der Waals surface area contributed by atoms with Gasteiger partial charge in [-0.1, -0.05) is 6.92 Å². The molecule has 1 rings (SSSR count). The molecule has 1 aromatic rings. The number of nitrogens with one attached hydrogen (secondary N) is 1. The maximum Gasteiger partial charge on any atom is 0.180 e. The summed E-state index contributed by atoms with van der Waals surface area (Å²) in [6.07, 6.45) is 2.89. The summed E-state index contributed by atoms with van der Waals surface area (Å²) >= 11 is 0. The normalized spacial score (nSPS) is 11.5. The Labute approximate surface area is 119 Å². The number of amidine groups is 1. The predicted molar refractivity (Wildman–Crippen MR) is 79.2 cm³/mol. The first-order valence-electron chi connectivity index (χ1n) is 6.07. The van der Waals surface area contributed by atoms with E-state index in [2.05, 4.69) is 19.9 Å². The maximum atomic E-state index is 11.4. The second-order valence-electron chi connectivity index (χ2n) is 4.35. The monoisotopic (exact) mass is 287 g/mol. The molecule has 19 heavy (non-hydrogen) atoms. The van der Waals surface area contributed by atoms with Crippen LogP contribution in [0.3, 0.4) is 0 Å². The molecule has 0 saturated heterocycles. The van der Waals surface area contributed by atoms with E-state index >= 15 is 0 Å². The number of hydrogen-bond acceptors (Lipinski definition) is 4. The lowest BCUT2D eigenvalue weighted by molar-refractivity contribution is 0.0984. The third-order valence-electron chi connectivity index (χ3n) is 2.49. The standard InChI is InChI=1S/C12H21N5O.ClH/c1-4-10(18)9-8-15-12(16-9)11(13)14-6-5-7-17(2)3;/h8H,4-7H2,1-3H3,(H2,13,14)(H,15,16);1H. The summed E-state index contributed by atoms with van der Waals surface area (Å²) in [5.74, 6) is 0.842. The van der Waals surface area contributed by atoms with Gasteiger partial charge in [0.25, 0.3) is 0 Å². The number of H-pyrrole nitrogens is 1. The Morgan fingerprint density at radius 3 is 2.79 bits per heavy atom. The molecule has 0 amide bonds. The van der Waals surface area contributed by atoms with Crippen LogP contribution < -0.4 is 5.73 Å². The molecule has 0 unspecified atom stereocenters. The van der Waals surface area contributed by atoms with Crippen LogP contribution in [0, 0.1) is 0 Å². The van der Waals surface area contributed by atoms with Crippen molar-refractivity contribution in [2.45, 2.75) is 19.8 Å². The second kappa shape index (κ2) is 8.66. The van der Waals surface area contributed by atoms with E-state index in [0.717, 1.165) is 13.0 Å². The van der Waals surface area contributed by atoms with Crippen molar-refractivity contribution in [2.75, 3.05) is 27.2 Å². The number of carbonyl (C=O) groups excluding carboxylic acids is 1. The molecule has 1 heterocycles. The zero-order valence-electron chi connectivity index (χ0n) is 11.6. The molecule has 0 spiro atoms. The lowest BCUT2D eigenvalue weighted by Crippen LogP contribution is -2.18. The van der Waals surface area contributed by atoms with Crippen LogP contribution in [0.2, 0.25) is 0 Å². The molecule has 0 bridgehead atoms. The van der Waals surface area contributed by atoms with E-state index in [-0.39, 0.29) is 18.2 Å². The van der Waals surface area contributed by atoms with Gasteiger partial charge in [-0.15, -0.1) is 12.4 Å². The number of nitrogens with two attached hydrogens (primary N) is 1. The van der Waals surface area contributed by atoms with E-state index in [9.17, 15) is 4.79 Å². The molecular weight excluding hydrogens is 266 g/mol. The van der Waals surface area contributed by atoms with Crippen molar-refractivity contribution in [2.24, 2.45) is 10.7 Å². The number of halogens is 1. The number of carbonyl (C=O) groups is 1. The zero-order chi connectivity index (χ0) is 13.5. The van der Waals surface area contributed by atoms with Crippen molar-refractivity contribution >= 4 is 24.0 Å². The van der Waals surface area contributed by atoms with Gasteiger partial charge in [0.05, 0.1) is 6.20 Å². The number of hydrogen-bond donors (Lipinski definition) is 2. The van der Waals surface area contributed by atoms with Gasteiger partial charge in [-0.25, -0.2) is 4.98 Å². The van der Waals surface area contributed by atoms with Crippen LogP contribution in [-0.4, -0.2) is 53.7 Å². The largest absolute Gasteiger partial charge is 0.381 e. The molecule has 0 aliphatic carbocycles. The van der Waals surface area contributed by atoms with Crippen LogP contribution >= 0.6 is 12.4 Å².